The van der Waals surface area contributed by atoms with Crippen LogP contribution in [0.4, 0.5) is 5.00 Å². The highest BCUT2D eigenvalue weighted by Gasteiger charge is 2.25. The molecule has 0 unspecified atom stereocenters. The fourth-order valence-electron chi connectivity index (χ4n) is 2.44. The highest BCUT2D eigenvalue weighted by atomic mass is 35.5. The van der Waals surface area contributed by atoms with Crippen molar-refractivity contribution in [1.82, 2.24) is 0 Å². The molecule has 0 radical (unpaired) electrons. The number of amides is 1. The first-order valence-corrected chi connectivity index (χ1v) is 9.95. The van der Waals surface area contributed by atoms with E-state index in [0.717, 1.165) is 11.3 Å². The summed E-state index contributed by atoms with van der Waals surface area (Å²) in [5.41, 5.74) is 0.610. The van der Waals surface area contributed by atoms with Crippen molar-refractivity contribution in [3.8, 4) is 0 Å². The average Bonchev–Trinajstić information content (AvgIpc) is 2.95. The zero-order chi connectivity index (χ0) is 21.7. The van der Waals surface area contributed by atoms with Gasteiger partial charge in [0.05, 0.1) is 22.6 Å². The van der Waals surface area contributed by atoms with Crippen LogP contribution in [-0.2, 0) is 14.3 Å². The lowest BCUT2D eigenvalue weighted by molar-refractivity contribution is -0.119. The van der Waals surface area contributed by atoms with Gasteiger partial charge in [-0.1, -0.05) is 23.2 Å². The van der Waals surface area contributed by atoms with Gasteiger partial charge < -0.3 is 14.8 Å². The minimum absolute atomic E-state index is 0.0911. The Hall–Kier alpha value is -2.42. The summed E-state index contributed by atoms with van der Waals surface area (Å²) >= 11 is 12.6. The molecule has 1 aromatic heterocycles. The number of anilines is 1. The molecule has 2 aromatic rings. The highest BCUT2D eigenvalue weighted by Crippen LogP contribution is 2.34. The predicted molar refractivity (Wildman–Crippen MR) is 110 cm³/mol. The fraction of sp³-hybridized carbons (Fsp3) is 0.263. The fourth-order valence-corrected chi connectivity index (χ4v) is 4.07. The van der Waals surface area contributed by atoms with Crippen LogP contribution in [0, 0.1) is 6.92 Å². The molecular formula is C19H17Cl2NO6S. The largest absolute Gasteiger partial charge is 0.462 e. The van der Waals surface area contributed by atoms with Crippen molar-refractivity contribution in [2.24, 2.45) is 0 Å². The first-order chi connectivity index (χ1) is 13.6. The molecule has 0 bridgehead atoms. The van der Waals surface area contributed by atoms with Gasteiger partial charge in [-0.3, -0.25) is 9.59 Å². The van der Waals surface area contributed by atoms with Crippen molar-refractivity contribution < 1.29 is 28.7 Å². The van der Waals surface area contributed by atoms with Crippen LogP contribution in [0.2, 0.25) is 10.0 Å². The molecule has 0 atom stereocenters. The maximum Gasteiger partial charge on any atom is 0.341 e. The van der Waals surface area contributed by atoms with Gasteiger partial charge in [0, 0.05) is 10.0 Å². The zero-order valence-electron chi connectivity index (χ0n) is 15.8. The minimum atomic E-state index is -0.790. The lowest BCUT2D eigenvalue weighted by Gasteiger charge is -2.08. The molecule has 7 nitrogen and oxygen atoms in total. The Morgan fingerprint density at radius 3 is 2.21 bits per heavy atom. The maximum absolute atomic E-state index is 12.2. The summed E-state index contributed by atoms with van der Waals surface area (Å²) < 4.78 is 9.95. The summed E-state index contributed by atoms with van der Waals surface area (Å²) in [6, 6.07) is 4.16. The predicted octanol–water partition coefficient (Wildman–Crippen LogP) is 4.54. The standard InChI is InChI=1S/C19H17Cl2NO6S/c1-4-27-19(26)15-9(2)16(10(3)23)29-17(15)22-14(24)8-28-18(25)11-5-12(20)7-13(21)6-11/h5-7H,4,8H2,1-3H3,(H,22,24). The van der Waals surface area contributed by atoms with Crippen LogP contribution in [0.15, 0.2) is 18.2 Å². The summed E-state index contributed by atoms with van der Waals surface area (Å²) in [6.45, 7) is 4.12. The Bertz CT molecular complexity index is 965. The molecule has 0 saturated carbocycles. The van der Waals surface area contributed by atoms with Gasteiger partial charge in [0.15, 0.2) is 12.4 Å². The van der Waals surface area contributed by atoms with Gasteiger partial charge in [0.25, 0.3) is 5.91 Å². The number of nitrogens with one attached hydrogen (secondary N) is 1. The van der Waals surface area contributed by atoms with E-state index in [9.17, 15) is 19.2 Å². The molecule has 29 heavy (non-hydrogen) atoms. The Balaban J connectivity index is 2.13. The first kappa shape index (κ1) is 22.9. The third-order valence-electron chi connectivity index (χ3n) is 3.63. The molecule has 1 amide bonds. The number of hydrogen-bond donors (Lipinski definition) is 1. The lowest BCUT2D eigenvalue weighted by atomic mass is 10.1. The van der Waals surface area contributed by atoms with E-state index in [4.69, 9.17) is 32.7 Å². The van der Waals surface area contributed by atoms with Crippen LogP contribution < -0.4 is 5.32 Å². The van der Waals surface area contributed by atoms with Crippen molar-refractivity contribution in [2.45, 2.75) is 20.8 Å². The number of esters is 2. The van der Waals surface area contributed by atoms with Gasteiger partial charge in [-0.25, -0.2) is 9.59 Å². The summed E-state index contributed by atoms with van der Waals surface area (Å²) in [7, 11) is 0. The second-order valence-electron chi connectivity index (χ2n) is 5.82. The maximum atomic E-state index is 12.2. The molecule has 1 aromatic carbocycles. The van der Waals surface area contributed by atoms with Gasteiger partial charge >= 0.3 is 11.9 Å². The summed E-state index contributed by atoms with van der Waals surface area (Å²) in [5, 5.41) is 3.14. The number of benzene rings is 1. The van der Waals surface area contributed by atoms with Crippen molar-refractivity contribution in [1.29, 1.82) is 0 Å². The van der Waals surface area contributed by atoms with Gasteiger partial charge in [-0.2, -0.15) is 0 Å². The normalized spacial score (nSPS) is 10.4. The van der Waals surface area contributed by atoms with Gasteiger partial charge in [-0.15, -0.1) is 11.3 Å². The van der Waals surface area contributed by atoms with Crippen LogP contribution in [0.5, 0.6) is 0 Å². The minimum Gasteiger partial charge on any atom is -0.462 e. The highest BCUT2D eigenvalue weighted by molar-refractivity contribution is 7.18. The Morgan fingerprint density at radius 1 is 1.03 bits per heavy atom. The number of ketones is 1. The van der Waals surface area contributed by atoms with E-state index in [1.54, 1.807) is 13.8 Å². The van der Waals surface area contributed by atoms with Crippen LogP contribution >= 0.6 is 34.5 Å². The zero-order valence-corrected chi connectivity index (χ0v) is 18.1. The van der Waals surface area contributed by atoms with E-state index < -0.39 is 24.5 Å². The third kappa shape index (κ3) is 5.79. The topological polar surface area (TPSA) is 98.8 Å². The molecule has 0 saturated heterocycles. The van der Waals surface area contributed by atoms with Gasteiger partial charge in [0.2, 0.25) is 0 Å². The summed E-state index contributed by atoms with van der Waals surface area (Å²) in [5.74, 6) is -2.38. The van der Waals surface area contributed by atoms with E-state index in [2.05, 4.69) is 5.32 Å². The molecule has 0 fully saturated rings. The quantitative estimate of drug-likeness (QED) is 0.483. The SMILES string of the molecule is CCOC(=O)c1c(NC(=O)COC(=O)c2cc(Cl)cc(Cl)c2)sc(C(C)=O)c1C. The van der Waals surface area contributed by atoms with E-state index >= 15 is 0 Å². The molecular weight excluding hydrogens is 441 g/mol. The van der Waals surface area contributed by atoms with Gasteiger partial charge in [0.1, 0.15) is 5.00 Å². The molecule has 10 heteroatoms. The van der Waals surface area contributed by atoms with Crippen LogP contribution in [0.3, 0.4) is 0 Å². The summed E-state index contributed by atoms with van der Waals surface area (Å²) in [6.07, 6.45) is 0. The van der Waals surface area contributed by atoms with Crippen molar-refractivity contribution in [3.63, 3.8) is 0 Å². The average molecular weight is 458 g/mol. The number of halogens is 2. The number of carbonyl (C=O) groups excluding carboxylic acids is 4. The lowest BCUT2D eigenvalue weighted by Crippen LogP contribution is -2.21. The first-order valence-electron chi connectivity index (χ1n) is 8.38. The molecule has 0 aliphatic carbocycles. The Kier molecular flexibility index (Phi) is 7.78. The number of carbonyl (C=O) groups is 4. The van der Waals surface area contributed by atoms with Crippen molar-refractivity contribution in [3.05, 3.63) is 49.8 Å². The Morgan fingerprint density at radius 2 is 1.66 bits per heavy atom. The Labute approximate surface area is 180 Å². The van der Waals surface area contributed by atoms with E-state index in [-0.39, 0.29) is 38.6 Å². The molecule has 1 heterocycles. The van der Waals surface area contributed by atoms with Crippen molar-refractivity contribution >= 4 is 63.2 Å². The van der Waals surface area contributed by atoms with Crippen LogP contribution in [0.1, 0.15) is 49.8 Å². The summed E-state index contributed by atoms with van der Waals surface area (Å²) in [4.78, 5) is 48.7. The van der Waals surface area contributed by atoms with E-state index in [1.165, 1.54) is 25.1 Å². The van der Waals surface area contributed by atoms with Gasteiger partial charge in [-0.05, 0) is 44.5 Å². The van der Waals surface area contributed by atoms with Crippen molar-refractivity contribution in [2.75, 3.05) is 18.5 Å². The molecule has 154 valence electrons. The molecule has 1 N–H and O–H groups in total. The number of ether oxygens (including phenoxy) is 2. The molecule has 2 rings (SSSR count). The smallest absolute Gasteiger partial charge is 0.341 e. The number of thiophene rings is 1. The number of hydrogen-bond acceptors (Lipinski definition) is 7. The number of Topliss-reactive ketones (excluding diaryl/α,β-unsaturated/α-hetero) is 1. The van der Waals surface area contributed by atoms with Crippen LogP contribution in [0.25, 0.3) is 0 Å². The molecule has 0 aliphatic rings. The monoisotopic (exact) mass is 457 g/mol. The number of rotatable bonds is 7. The second-order valence-corrected chi connectivity index (χ2v) is 7.71. The van der Waals surface area contributed by atoms with Crippen LogP contribution in [-0.4, -0.2) is 36.8 Å². The van der Waals surface area contributed by atoms with E-state index in [0.29, 0.717) is 10.4 Å². The molecule has 0 aliphatic heterocycles. The third-order valence-corrected chi connectivity index (χ3v) is 5.38. The second kappa shape index (κ2) is 9.87. The molecule has 0 spiro atoms. The van der Waals surface area contributed by atoms with E-state index in [1.807, 2.05) is 0 Å².